The van der Waals surface area contributed by atoms with E-state index < -0.39 is 0 Å². The first-order valence-corrected chi connectivity index (χ1v) is 9.86. The molecule has 0 fully saturated rings. The normalized spacial score (nSPS) is 15.3. The minimum absolute atomic E-state index is 0.570. The van der Waals surface area contributed by atoms with Crippen molar-refractivity contribution in [1.29, 1.82) is 0 Å². The third kappa shape index (κ3) is 4.43. The van der Waals surface area contributed by atoms with Gasteiger partial charge in [0.1, 0.15) is 12.7 Å². The predicted molar refractivity (Wildman–Crippen MR) is 110 cm³/mol. The topological polar surface area (TPSA) is 8.81 Å². The van der Waals surface area contributed by atoms with Crippen molar-refractivity contribution in [1.82, 2.24) is 4.57 Å². The van der Waals surface area contributed by atoms with Gasteiger partial charge in [-0.25, -0.2) is 9.13 Å². The fourth-order valence-corrected chi connectivity index (χ4v) is 3.60. The average Bonchev–Trinajstić information content (AvgIpc) is 2.82. The average molecular weight is 348 g/mol. The van der Waals surface area contributed by atoms with Gasteiger partial charge in [-0.15, -0.1) is 0 Å². The molecular weight excluding hydrogens is 316 g/mol. The molecule has 0 radical (unpaired) electrons. The molecule has 2 nitrogen and oxygen atoms in total. The molecule has 0 bridgehead atoms. The van der Waals surface area contributed by atoms with Crippen LogP contribution in [-0.4, -0.2) is 4.57 Å². The molecule has 0 saturated heterocycles. The van der Waals surface area contributed by atoms with E-state index in [0.29, 0.717) is 5.92 Å². The fraction of sp³-hybridized carbons (Fsp3) is 0.375. The zero-order chi connectivity index (χ0) is 18.4. The van der Waals surface area contributed by atoms with Gasteiger partial charge in [0.15, 0.2) is 5.69 Å². The molecule has 1 aromatic heterocycles. The Balaban J connectivity index is 1.96. The van der Waals surface area contributed by atoms with E-state index in [1.54, 1.807) is 0 Å². The summed E-state index contributed by atoms with van der Waals surface area (Å²) in [5, 5.41) is 0. The molecule has 2 heterocycles. The molecule has 1 aliphatic rings. The lowest BCUT2D eigenvalue weighted by molar-refractivity contribution is -0.695. The largest absolute Gasteiger partial charge is 0.257 e. The number of hydrogen-bond donors (Lipinski definition) is 0. The summed E-state index contributed by atoms with van der Waals surface area (Å²) >= 11 is 0. The predicted octanol–water partition coefficient (Wildman–Crippen LogP) is 5.49. The highest BCUT2D eigenvalue weighted by atomic mass is 15.2. The Morgan fingerprint density at radius 3 is 2.73 bits per heavy atom. The molecule has 0 aliphatic carbocycles. The van der Waals surface area contributed by atoms with Crippen LogP contribution in [0.4, 0.5) is 0 Å². The van der Waals surface area contributed by atoms with Gasteiger partial charge < -0.3 is 0 Å². The quantitative estimate of drug-likeness (QED) is 0.482. The van der Waals surface area contributed by atoms with Crippen LogP contribution in [0.25, 0.3) is 11.3 Å². The molecule has 0 N–H and O–H groups in total. The maximum atomic E-state index is 4.03. The second-order valence-corrected chi connectivity index (χ2v) is 7.46. The molecule has 3 rings (SSSR count). The van der Waals surface area contributed by atoms with Gasteiger partial charge in [-0.3, -0.25) is 0 Å². The minimum atomic E-state index is 0.570. The number of imidazole rings is 1. The van der Waals surface area contributed by atoms with Crippen LogP contribution in [0.15, 0.2) is 73.0 Å². The van der Waals surface area contributed by atoms with Gasteiger partial charge in [-0.05, 0) is 30.8 Å². The van der Waals surface area contributed by atoms with Crippen molar-refractivity contribution in [3.63, 3.8) is 0 Å². The molecule has 1 aliphatic heterocycles. The minimum Gasteiger partial charge on any atom is -0.229 e. The lowest BCUT2D eigenvalue weighted by Gasteiger charge is -2.03. The SMILES string of the molecule is C=C/C(=C\C=C/C(C)C)C[n+]1cc(-c2ccccc2)n2c1CCCCC2. The summed E-state index contributed by atoms with van der Waals surface area (Å²) in [4.78, 5) is 0. The van der Waals surface area contributed by atoms with Crippen LogP contribution in [0.2, 0.25) is 0 Å². The summed E-state index contributed by atoms with van der Waals surface area (Å²) in [6, 6.07) is 10.8. The Labute approximate surface area is 158 Å². The van der Waals surface area contributed by atoms with Gasteiger partial charge in [0.05, 0.1) is 6.54 Å². The molecule has 2 aromatic rings. The maximum Gasteiger partial charge on any atom is 0.257 e. The van der Waals surface area contributed by atoms with Gasteiger partial charge in [0.2, 0.25) is 0 Å². The number of hydrogen-bond acceptors (Lipinski definition) is 0. The number of allylic oxidation sites excluding steroid dienone is 5. The van der Waals surface area contributed by atoms with Crippen molar-refractivity contribution >= 4 is 0 Å². The van der Waals surface area contributed by atoms with E-state index in [1.165, 1.54) is 41.9 Å². The highest BCUT2D eigenvalue weighted by Crippen LogP contribution is 2.24. The summed E-state index contributed by atoms with van der Waals surface area (Å²) in [5.74, 6) is 2.02. The van der Waals surface area contributed by atoms with E-state index in [1.807, 2.05) is 6.08 Å². The Bertz CT molecular complexity index is 791. The number of benzene rings is 1. The first-order chi connectivity index (χ1) is 12.7. The Morgan fingerprint density at radius 2 is 2.00 bits per heavy atom. The third-order valence-corrected chi connectivity index (χ3v) is 4.99. The van der Waals surface area contributed by atoms with E-state index in [4.69, 9.17) is 0 Å². The molecule has 0 atom stereocenters. The number of fused-ring (bicyclic) bond motifs is 1. The molecule has 1 aromatic carbocycles. The summed E-state index contributed by atoms with van der Waals surface area (Å²) < 4.78 is 4.97. The van der Waals surface area contributed by atoms with Crippen LogP contribution >= 0.6 is 0 Å². The Hall–Kier alpha value is -2.35. The second-order valence-electron chi connectivity index (χ2n) is 7.46. The van der Waals surface area contributed by atoms with E-state index in [-0.39, 0.29) is 0 Å². The van der Waals surface area contributed by atoms with Crippen molar-refractivity contribution in [2.75, 3.05) is 0 Å². The van der Waals surface area contributed by atoms with Crippen LogP contribution in [0.3, 0.4) is 0 Å². The molecule has 2 heteroatoms. The fourth-order valence-electron chi connectivity index (χ4n) is 3.60. The lowest BCUT2D eigenvalue weighted by atomic mass is 10.1. The summed E-state index contributed by atoms with van der Waals surface area (Å²) in [6.07, 6.45) is 15.9. The van der Waals surface area contributed by atoms with Crippen LogP contribution in [0.5, 0.6) is 0 Å². The lowest BCUT2D eigenvalue weighted by Crippen LogP contribution is -2.37. The van der Waals surface area contributed by atoms with Crippen LogP contribution in [-0.2, 0) is 19.5 Å². The second kappa shape index (κ2) is 8.84. The molecular formula is C24H31N2+. The molecule has 0 unspecified atom stereocenters. The molecule has 26 heavy (non-hydrogen) atoms. The van der Waals surface area contributed by atoms with E-state index in [9.17, 15) is 0 Å². The highest BCUT2D eigenvalue weighted by Gasteiger charge is 2.25. The monoisotopic (exact) mass is 347 g/mol. The summed E-state index contributed by atoms with van der Waals surface area (Å²) in [6.45, 7) is 10.4. The number of nitrogens with zero attached hydrogens (tertiary/aromatic N) is 2. The Morgan fingerprint density at radius 1 is 1.19 bits per heavy atom. The van der Waals surface area contributed by atoms with Crippen molar-refractivity contribution in [3.05, 3.63) is 78.8 Å². The van der Waals surface area contributed by atoms with E-state index in [2.05, 4.69) is 84.3 Å². The van der Waals surface area contributed by atoms with Gasteiger partial charge in [-0.1, -0.05) is 75.1 Å². The number of aromatic nitrogens is 2. The molecule has 0 spiro atoms. The smallest absolute Gasteiger partial charge is 0.229 e. The van der Waals surface area contributed by atoms with E-state index in [0.717, 1.165) is 19.5 Å². The van der Waals surface area contributed by atoms with Crippen molar-refractivity contribution in [2.24, 2.45) is 5.92 Å². The van der Waals surface area contributed by atoms with Crippen molar-refractivity contribution < 1.29 is 4.57 Å². The maximum absolute atomic E-state index is 4.03. The van der Waals surface area contributed by atoms with Gasteiger partial charge in [0, 0.05) is 12.0 Å². The summed E-state index contributed by atoms with van der Waals surface area (Å²) in [7, 11) is 0. The first kappa shape index (κ1) is 18.4. The number of rotatable bonds is 6. The third-order valence-electron chi connectivity index (χ3n) is 4.99. The van der Waals surface area contributed by atoms with Crippen LogP contribution < -0.4 is 4.57 Å². The van der Waals surface area contributed by atoms with Gasteiger partial charge in [0.25, 0.3) is 5.82 Å². The van der Waals surface area contributed by atoms with Gasteiger partial charge in [-0.2, -0.15) is 0 Å². The van der Waals surface area contributed by atoms with Gasteiger partial charge >= 0.3 is 0 Å². The van der Waals surface area contributed by atoms with E-state index >= 15 is 0 Å². The van der Waals surface area contributed by atoms with Crippen molar-refractivity contribution in [3.8, 4) is 11.3 Å². The van der Waals surface area contributed by atoms with Crippen LogP contribution in [0.1, 0.15) is 38.9 Å². The Kier molecular flexibility index (Phi) is 6.27. The highest BCUT2D eigenvalue weighted by molar-refractivity contribution is 5.58. The first-order valence-electron chi connectivity index (χ1n) is 9.86. The zero-order valence-corrected chi connectivity index (χ0v) is 16.2. The molecule has 0 amide bonds. The molecule has 136 valence electrons. The standard InChI is InChI=1S/C24H31N2/c1-4-21(13-11-12-20(2)3)18-25-19-23(22-14-7-5-8-15-22)26-17-10-6-9-16-24(25)26/h4-5,7-8,11-15,19-20H,1,6,9-10,16-18H2,2-3H3/q+1/b12-11-,21-13+. The molecule has 0 saturated carbocycles. The summed E-state index contributed by atoms with van der Waals surface area (Å²) in [5.41, 5.74) is 3.89. The zero-order valence-electron chi connectivity index (χ0n) is 16.2. The van der Waals surface area contributed by atoms with Crippen molar-refractivity contribution in [2.45, 2.75) is 52.6 Å². The van der Waals surface area contributed by atoms with Crippen LogP contribution in [0, 0.1) is 5.92 Å².